The monoisotopic (exact) mass is 552 g/mol. The summed E-state index contributed by atoms with van der Waals surface area (Å²) < 4.78 is 6.05. The number of hydrogen-bond donors (Lipinski definition) is 3. The van der Waals surface area contributed by atoms with Gasteiger partial charge in [0.1, 0.15) is 24.4 Å². The van der Waals surface area contributed by atoms with Crippen LogP contribution in [0, 0.1) is 0 Å². The van der Waals surface area contributed by atoms with E-state index in [0.29, 0.717) is 31.0 Å². The molecule has 2 aromatic rings. The number of fused-ring (bicyclic) bond motifs is 1. The quantitative estimate of drug-likeness (QED) is 0.531. The molecule has 1 aliphatic heterocycles. The number of likely N-dealkylation sites (N-methyl/N-ethyl adjacent to an activating group) is 1. The summed E-state index contributed by atoms with van der Waals surface area (Å²) >= 11 is 6.16. The summed E-state index contributed by atoms with van der Waals surface area (Å²) in [6.07, 6.45) is 7.27. The lowest BCUT2D eigenvalue weighted by atomic mass is 9.94. The van der Waals surface area contributed by atoms with Crippen molar-refractivity contribution in [2.24, 2.45) is 0 Å². The van der Waals surface area contributed by atoms with Crippen LogP contribution in [0.25, 0.3) is 6.08 Å². The number of para-hydroxylation sites is 1. The van der Waals surface area contributed by atoms with Crippen molar-refractivity contribution in [3.63, 3.8) is 0 Å². The first-order valence-electron chi connectivity index (χ1n) is 13.5. The third kappa shape index (κ3) is 7.19. The summed E-state index contributed by atoms with van der Waals surface area (Å²) in [5, 5.41) is 9.78. The van der Waals surface area contributed by atoms with Gasteiger partial charge in [0.15, 0.2) is 0 Å². The van der Waals surface area contributed by atoms with Crippen molar-refractivity contribution in [3.05, 3.63) is 70.8 Å². The molecule has 0 radical (unpaired) electrons. The molecule has 0 saturated heterocycles. The lowest BCUT2D eigenvalue weighted by Crippen LogP contribution is -2.61. The predicted molar refractivity (Wildman–Crippen MR) is 153 cm³/mol. The molecule has 3 amide bonds. The average Bonchev–Trinajstić information content (AvgIpc) is 3.42. The Balaban J connectivity index is 1.61. The molecular formula is C30H37ClN4O4. The minimum Gasteiger partial charge on any atom is -0.492 e. The van der Waals surface area contributed by atoms with Gasteiger partial charge in [-0.05, 0) is 43.5 Å². The van der Waals surface area contributed by atoms with Crippen molar-refractivity contribution in [1.29, 1.82) is 0 Å². The molecule has 1 fully saturated rings. The summed E-state index contributed by atoms with van der Waals surface area (Å²) in [6.45, 7) is 2.84. The van der Waals surface area contributed by atoms with E-state index in [1.807, 2.05) is 48.6 Å². The Morgan fingerprint density at radius 3 is 2.59 bits per heavy atom. The van der Waals surface area contributed by atoms with Crippen LogP contribution >= 0.6 is 11.6 Å². The molecule has 4 rings (SSSR count). The highest BCUT2D eigenvalue weighted by molar-refractivity contribution is 6.30. The molecule has 0 bridgehead atoms. The number of benzene rings is 2. The minimum absolute atomic E-state index is 0.122. The fourth-order valence-corrected chi connectivity index (χ4v) is 5.42. The smallest absolute Gasteiger partial charge is 0.243 e. The van der Waals surface area contributed by atoms with Gasteiger partial charge in [0, 0.05) is 37.1 Å². The normalized spacial score (nSPS) is 22.8. The average molecular weight is 553 g/mol. The lowest BCUT2D eigenvalue weighted by molar-refractivity contribution is -0.144. The van der Waals surface area contributed by atoms with E-state index in [4.69, 9.17) is 16.3 Å². The first-order chi connectivity index (χ1) is 18.8. The van der Waals surface area contributed by atoms with Gasteiger partial charge >= 0.3 is 0 Å². The van der Waals surface area contributed by atoms with Gasteiger partial charge in [-0.25, -0.2) is 0 Å². The molecule has 1 aliphatic carbocycles. The predicted octanol–water partition coefficient (Wildman–Crippen LogP) is 3.34. The third-order valence-electron chi connectivity index (χ3n) is 7.54. The van der Waals surface area contributed by atoms with Crippen LogP contribution < -0.4 is 20.7 Å². The number of ether oxygens (including phenoxy) is 1. The molecular weight excluding hydrogens is 516 g/mol. The van der Waals surface area contributed by atoms with E-state index in [1.54, 1.807) is 26.1 Å². The topological polar surface area (TPSA) is 99.8 Å². The maximum Gasteiger partial charge on any atom is 0.243 e. The molecule has 0 aromatic heterocycles. The zero-order valence-corrected chi connectivity index (χ0v) is 23.3. The van der Waals surface area contributed by atoms with E-state index in [0.717, 1.165) is 29.7 Å². The minimum atomic E-state index is -0.844. The zero-order chi connectivity index (χ0) is 27.8. The standard InChI is InChI=1S/C30H37ClN4O4/c1-21-27(36)34-25(20-22-9-7-12-24(31)19-22)28(37)32-16-8-11-23-10-3-4-13-26(23)39-18-17-33-30(14-5-6-15-30)29(38)35(21)2/h3-4,7-13,19,21,25,33H,5-6,14-18,20H2,1-2H3,(H,32,37)(H,34,36)/t21-,25+/m1/s1. The molecule has 0 unspecified atom stereocenters. The maximum atomic E-state index is 13.7. The molecule has 9 heteroatoms. The SMILES string of the molecule is C[C@@H]1C(=O)N[C@@H](Cc2cccc(Cl)c2)C(=O)NCC=Cc2ccccc2OCCNC2(CCCC2)C(=O)N1C. The van der Waals surface area contributed by atoms with E-state index in [-0.39, 0.29) is 24.8 Å². The van der Waals surface area contributed by atoms with Crippen LogP contribution in [0.2, 0.25) is 5.02 Å². The second kappa shape index (κ2) is 13.1. The highest BCUT2D eigenvalue weighted by atomic mass is 35.5. The molecule has 208 valence electrons. The van der Waals surface area contributed by atoms with Gasteiger partial charge in [-0.15, -0.1) is 0 Å². The van der Waals surface area contributed by atoms with E-state index in [2.05, 4.69) is 16.0 Å². The first kappa shape index (κ1) is 28.6. The number of rotatable bonds is 2. The Kier molecular flexibility index (Phi) is 9.64. The van der Waals surface area contributed by atoms with E-state index in [9.17, 15) is 14.4 Å². The molecule has 2 aliphatic rings. The van der Waals surface area contributed by atoms with Crippen LogP contribution in [0.15, 0.2) is 54.6 Å². The second-order valence-corrected chi connectivity index (χ2v) is 10.7. The number of halogens is 1. The highest BCUT2D eigenvalue weighted by Crippen LogP contribution is 2.32. The summed E-state index contributed by atoms with van der Waals surface area (Å²) in [5.41, 5.74) is 0.962. The fourth-order valence-electron chi connectivity index (χ4n) is 5.20. The van der Waals surface area contributed by atoms with Crippen molar-refractivity contribution >= 4 is 35.4 Å². The van der Waals surface area contributed by atoms with Gasteiger partial charge in [-0.2, -0.15) is 0 Å². The van der Waals surface area contributed by atoms with Crippen molar-refractivity contribution in [2.45, 2.75) is 56.7 Å². The van der Waals surface area contributed by atoms with Crippen LogP contribution in [0.1, 0.15) is 43.7 Å². The van der Waals surface area contributed by atoms with Crippen molar-refractivity contribution in [1.82, 2.24) is 20.9 Å². The second-order valence-electron chi connectivity index (χ2n) is 10.2. The molecule has 2 atom stereocenters. The van der Waals surface area contributed by atoms with Gasteiger partial charge in [-0.3, -0.25) is 19.7 Å². The molecule has 1 spiro atoms. The molecule has 39 heavy (non-hydrogen) atoms. The van der Waals surface area contributed by atoms with Crippen molar-refractivity contribution < 1.29 is 19.1 Å². The third-order valence-corrected chi connectivity index (χ3v) is 7.78. The van der Waals surface area contributed by atoms with Crippen LogP contribution in [0.4, 0.5) is 0 Å². The Hall–Kier alpha value is -3.36. The van der Waals surface area contributed by atoms with E-state index < -0.39 is 23.5 Å². The van der Waals surface area contributed by atoms with Crippen LogP contribution in [-0.2, 0) is 20.8 Å². The summed E-state index contributed by atoms with van der Waals surface area (Å²) in [5.74, 6) is -0.113. The zero-order valence-electron chi connectivity index (χ0n) is 22.5. The van der Waals surface area contributed by atoms with Crippen LogP contribution in [0.5, 0.6) is 5.75 Å². The Bertz CT molecular complexity index is 1210. The Morgan fingerprint density at radius 2 is 1.82 bits per heavy atom. The molecule has 8 nitrogen and oxygen atoms in total. The number of carbonyl (C=O) groups is 3. The van der Waals surface area contributed by atoms with Gasteiger partial charge in [0.2, 0.25) is 17.7 Å². The van der Waals surface area contributed by atoms with E-state index >= 15 is 0 Å². The number of carbonyl (C=O) groups excluding carboxylic acids is 3. The summed E-state index contributed by atoms with van der Waals surface area (Å²) in [6, 6.07) is 13.3. The molecule has 1 heterocycles. The molecule has 2 aromatic carbocycles. The number of nitrogens with one attached hydrogen (secondary N) is 3. The molecule has 1 saturated carbocycles. The van der Waals surface area contributed by atoms with Gasteiger partial charge in [-0.1, -0.05) is 66.9 Å². The van der Waals surface area contributed by atoms with Crippen LogP contribution in [0.3, 0.4) is 0 Å². The highest BCUT2D eigenvalue weighted by Gasteiger charge is 2.44. The van der Waals surface area contributed by atoms with Gasteiger partial charge in [0.25, 0.3) is 0 Å². The van der Waals surface area contributed by atoms with Crippen LogP contribution in [-0.4, -0.2) is 67.0 Å². The Labute approximate surface area is 235 Å². The number of amides is 3. The van der Waals surface area contributed by atoms with E-state index in [1.165, 1.54) is 4.90 Å². The summed E-state index contributed by atoms with van der Waals surface area (Å²) in [4.78, 5) is 41.8. The largest absolute Gasteiger partial charge is 0.492 e. The van der Waals surface area contributed by atoms with Gasteiger partial charge in [0.05, 0.1) is 5.54 Å². The van der Waals surface area contributed by atoms with Gasteiger partial charge < -0.3 is 20.3 Å². The number of hydrogen-bond acceptors (Lipinski definition) is 5. The lowest BCUT2D eigenvalue weighted by Gasteiger charge is -2.36. The number of nitrogens with zero attached hydrogens (tertiary/aromatic N) is 1. The Morgan fingerprint density at radius 1 is 1.05 bits per heavy atom. The van der Waals surface area contributed by atoms with Crippen molar-refractivity contribution in [2.75, 3.05) is 26.7 Å². The maximum absolute atomic E-state index is 13.7. The van der Waals surface area contributed by atoms with Crippen molar-refractivity contribution in [3.8, 4) is 5.75 Å². The fraction of sp³-hybridized carbons (Fsp3) is 0.433. The summed E-state index contributed by atoms with van der Waals surface area (Å²) in [7, 11) is 1.65. The first-order valence-corrected chi connectivity index (χ1v) is 13.9. The molecule has 3 N–H and O–H groups in total.